The lowest BCUT2D eigenvalue weighted by Crippen LogP contribution is -2.13. The minimum Gasteiger partial charge on any atom is -0.494 e. The van der Waals surface area contributed by atoms with Gasteiger partial charge in [0, 0.05) is 12.5 Å². The molecule has 6 nitrogen and oxygen atoms in total. The van der Waals surface area contributed by atoms with E-state index in [-0.39, 0.29) is 5.91 Å². The summed E-state index contributed by atoms with van der Waals surface area (Å²) >= 11 is 0. The van der Waals surface area contributed by atoms with Crippen LogP contribution in [0, 0.1) is 0 Å². The van der Waals surface area contributed by atoms with E-state index in [2.05, 4.69) is 17.5 Å². The van der Waals surface area contributed by atoms with Crippen LogP contribution in [-0.4, -0.2) is 31.9 Å². The van der Waals surface area contributed by atoms with Crippen LogP contribution in [0.1, 0.15) is 45.1 Å². The van der Waals surface area contributed by atoms with Crippen molar-refractivity contribution in [1.29, 1.82) is 0 Å². The van der Waals surface area contributed by atoms with Crippen molar-refractivity contribution in [2.75, 3.05) is 19.8 Å². The molecule has 0 radical (unpaired) electrons. The summed E-state index contributed by atoms with van der Waals surface area (Å²) in [4.78, 5) is 10.9. The van der Waals surface area contributed by atoms with Gasteiger partial charge in [0.1, 0.15) is 30.5 Å². The fourth-order valence-corrected chi connectivity index (χ4v) is 2.57. The van der Waals surface area contributed by atoms with E-state index in [0.717, 1.165) is 30.1 Å². The first-order valence-corrected chi connectivity index (χ1v) is 10.1. The SMILES string of the molecule is CCCCCCOc1ccc(OCCOc2ccccc2/C=N/NC(C)=O)cc1. The third kappa shape index (κ3) is 9.14. The first-order valence-electron chi connectivity index (χ1n) is 10.1. The van der Waals surface area contributed by atoms with Gasteiger partial charge in [0.15, 0.2) is 0 Å². The van der Waals surface area contributed by atoms with Crippen LogP contribution < -0.4 is 19.6 Å². The van der Waals surface area contributed by atoms with Crippen molar-refractivity contribution in [2.24, 2.45) is 5.10 Å². The van der Waals surface area contributed by atoms with Crippen molar-refractivity contribution in [1.82, 2.24) is 5.43 Å². The number of hydrogen-bond donors (Lipinski definition) is 1. The number of amides is 1. The van der Waals surface area contributed by atoms with Crippen molar-refractivity contribution in [3.05, 3.63) is 54.1 Å². The molecule has 1 N–H and O–H groups in total. The molecule has 156 valence electrons. The Labute approximate surface area is 172 Å². The molecule has 1 amide bonds. The summed E-state index contributed by atoms with van der Waals surface area (Å²) in [5.41, 5.74) is 3.16. The van der Waals surface area contributed by atoms with Gasteiger partial charge in [-0.15, -0.1) is 0 Å². The van der Waals surface area contributed by atoms with E-state index in [4.69, 9.17) is 14.2 Å². The molecule has 0 fully saturated rings. The number of nitrogens with one attached hydrogen (secondary N) is 1. The predicted octanol–water partition coefficient (Wildman–Crippen LogP) is 4.57. The zero-order valence-corrected chi connectivity index (χ0v) is 17.2. The van der Waals surface area contributed by atoms with Crippen LogP contribution in [-0.2, 0) is 4.79 Å². The first-order chi connectivity index (χ1) is 14.2. The molecule has 0 heterocycles. The van der Waals surface area contributed by atoms with E-state index >= 15 is 0 Å². The maximum Gasteiger partial charge on any atom is 0.236 e. The van der Waals surface area contributed by atoms with Crippen LogP contribution in [0.25, 0.3) is 0 Å². The number of para-hydroxylation sites is 1. The lowest BCUT2D eigenvalue weighted by Gasteiger charge is -2.11. The summed E-state index contributed by atoms with van der Waals surface area (Å²) in [6.07, 6.45) is 6.33. The molecular formula is C23H30N2O4. The van der Waals surface area contributed by atoms with Crippen LogP contribution >= 0.6 is 0 Å². The number of hydrogen-bond acceptors (Lipinski definition) is 5. The molecule has 0 aliphatic carbocycles. The second-order valence-corrected chi connectivity index (χ2v) is 6.54. The Morgan fingerprint density at radius 1 is 0.897 bits per heavy atom. The molecule has 2 aromatic rings. The molecule has 0 saturated carbocycles. The first kappa shape index (κ1) is 22.3. The fraction of sp³-hybridized carbons (Fsp3) is 0.391. The summed E-state index contributed by atoms with van der Waals surface area (Å²) in [5, 5.41) is 3.87. The molecule has 0 spiro atoms. The normalized spacial score (nSPS) is 10.7. The van der Waals surface area contributed by atoms with Gasteiger partial charge in [0.05, 0.1) is 12.8 Å². The quantitative estimate of drug-likeness (QED) is 0.305. The Morgan fingerprint density at radius 2 is 1.55 bits per heavy atom. The monoisotopic (exact) mass is 398 g/mol. The van der Waals surface area contributed by atoms with Gasteiger partial charge in [-0.05, 0) is 42.8 Å². The standard InChI is InChI=1S/C23H30N2O4/c1-3-4-5-8-15-27-21-11-13-22(14-12-21)28-16-17-29-23-10-7-6-9-20(23)18-24-25-19(2)26/h6-7,9-14,18H,3-5,8,15-17H2,1-2H3,(H,25,26)/b24-18+. The lowest BCUT2D eigenvalue weighted by atomic mass is 10.2. The molecule has 2 aromatic carbocycles. The van der Waals surface area contributed by atoms with Crippen molar-refractivity contribution in [2.45, 2.75) is 39.5 Å². The van der Waals surface area contributed by atoms with Crippen LogP contribution in [0.4, 0.5) is 0 Å². The van der Waals surface area contributed by atoms with Crippen LogP contribution in [0.2, 0.25) is 0 Å². The van der Waals surface area contributed by atoms with Gasteiger partial charge >= 0.3 is 0 Å². The molecule has 29 heavy (non-hydrogen) atoms. The van der Waals surface area contributed by atoms with Gasteiger partial charge in [-0.1, -0.05) is 38.3 Å². The highest BCUT2D eigenvalue weighted by Crippen LogP contribution is 2.19. The van der Waals surface area contributed by atoms with Crippen LogP contribution in [0.15, 0.2) is 53.6 Å². The van der Waals surface area contributed by atoms with Crippen molar-refractivity contribution in [3.8, 4) is 17.2 Å². The molecule has 0 bridgehead atoms. The third-order valence-electron chi connectivity index (χ3n) is 4.04. The number of benzene rings is 2. The Balaban J connectivity index is 1.71. The van der Waals surface area contributed by atoms with Gasteiger partial charge < -0.3 is 14.2 Å². The molecule has 0 aliphatic heterocycles. The molecule has 0 aliphatic rings. The highest BCUT2D eigenvalue weighted by molar-refractivity contribution is 5.84. The van der Waals surface area contributed by atoms with Crippen molar-refractivity contribution in [3.63, 3.8) is 0 Å². The largest absolute Gasteiger partial charge is 0.494 e. The zero-order chi connectivity index (χ0) is 20.7. The average molecular weight is 399 g/mol. The minimum atomic E-state index is -0.221. The fourth-order valence-electron chi connectivity index (χ4n) is 2.57. The molecule has 6 heteroatoms. The number of carbonyl (C=O) groups is 1. The maximum atomic E-state index is 10.9. The zero-order valence-electron chi connectivity index (χ0n) is 17.2. The third-order valence-corrected chi connectivity index (χ3v) is 4.04. The van der Waals surface area contributed by atoms with Gasteiger partial charge in [-0.25, -0.2) is 5.43 Å². The lowest BCUT2D eigenvalue weighted by molar-refractivity contribution is -0.118. The highest BCUT2D eigenvalue weighted by atomic mass is 16.5. The second-order valence-electron chi connectivity index (χ2n) is 6.54. The van der Waals surface area contributed by atoms with E-state index in [0.29, 0.717) is 19.0 Å². The summed E-state index contributed by atoms with van der Waals surface area (Å²) in [5.74, 6) is 2.09. The van der Waals surface area contributed by atoms with E-state index in [1.807, 2.05) is 48.5 Å². The number of nitrogens with zero attached hydrogens (tertiary/aromatic N) is 1. The van der Waals surface area contributed by atoms with E-state index in [1.165, 1.54) is 26.2 Å². The summed E-state index contributed by atoms with van der Waals surface area (Å²) in [6.45, 7) is 5.16. The Kier molecular flexibility index (Phi) is 10.1. The molecular weight excluding hydrogens is 368 g/mol. The van der Waals surface area contributed by atoms with Crippen molar-refractivity contribution < 1.29 is 19.0 Å². The smallest absolute Gasteiger partial charge is 0.236 e. The van der Waals surface area contributed by atoms with Crippen LogP contribution in [0.5, 0.6) is 17.2 Å². The van der Waals surface area contributed by atoms with Gasteiger partial charge in [-0.2, -0.15) is 5.10 Å². The summed E-state index contributed by atoms with van der Waals surface area (Å²) < 4.78 is 17.2. The number of unbranched alkanes of at least 4 members (excludes halogenated alkanes) is 3. The number of rotatable bonds is 13. The highest BCUT2D eigenvalue weighted by Gasteiger charge is 2.02. The summed E-state index contributed by atoms with van der Waals surface area (Å²) in [6, 6.07) is 15.1. The van der Waals surface area contributed by atoms with Crippen molar-refractivity contribution >= 4 is 12.1 Å². The number of ether oxygens (including phenoxy) is 3. The number of hydrazone groups is 1. The number of carbonyl (C=O) groups excluding carboxylic acids is 1. The van der Waals surface area contributed by atoms with Crippen LogP contribution in [0.3, 0.4) is 0 Å². The Morgan fingerprint density at radius 3 is 2.24 bits per heavy atom. The molecule has 0 unspecified atom stereocenters. The molecule has 2 rings (SSSR count). The topological polar surface area (TPSA) is 69.2 Å². The molecule has 0 atom stereocenters. The van der Waals surface area contributed by atoms with E-state index in [1.54, 1.807) is 6.21 Å². The van der Waals surface area contributed by atoms with Gasteiger partial charge in [-0.3, -0.25) is 4.79 Å². The van der Waals surface area contributed by atoms with Gasteiger partial charge in [0.2, 0.25) is 5.91 Å². The second kappa shape index (κ2) is 13.2. The average Bonchev–Trinajstić information content (AvgIpc) is 2.73. The Bertz CT molecular complexity index is 760. The molecule has 0 saturated heterocycles. The Hall–Kier alpha value is -3.02. The predicted molar refractivity (Wildman–Crippen MR) is 115 cm³/mol. The van der Waals surface area contributed by atoms with E-state index in [9.17, 15) is 4.79 Å². The minimum absolute atomic E-state index is 0.221. The maximum absolute atomic E-state index is 10.9. The molecule has 0 aromatic heterocycles. The van der Waals surface area contributed by atoms with E-state index < -0.39 is 0 Å². The summed E-state index contributed by atoms with van der Waals surface area (Å²) in [7, 11) is 0. The van der Waals surface area contributed by atoms with Gasteiger partial charge in [0.25, 0.3) is 0 Å².